The van der Waals surface area contributed by atoms with Gasteiger partial charge in [-0.15, -0.1) is 0 Å². The summed E-state index contributed by atoms with van der Waals surface area (Å²) < 4.78 is 167. The van der Waals surface area contributed by atoms with E-state index in [-0.39, 0.29) is 48.2 Å². The molecule has 0 aromatic heterocycles. The molecule has 0 bridgehead atoms. The number of hydrogen-bond donors (Lipinski definition) is 4. The molecule has 0 amide bonds. The third-order valence-electron chi connectivity index (χ3n) is 18.7. The molecule has 2 aromatic rings. The van der Waals surface area contributed by atoms with Crippen molar-refractivity contribution in [2.45, 2.75) is 180 Å². The summed E-state index contributed by atoms with van der Waals surface area (Å²) in [7, 11) is -2.67. The highest BCUT2D eigenvalue weighted by molar-refractivity contribution is 7.78. The summed E-state index contributed by atoms with van der Waals surface area (Å²) in [6, 6.07) is 19.8. The van der Waals surface area contributed by atoms with Crippen molar-refractivity contribution >= 4 is 23.5 Å². The van der Waals surface area contributed by atoms with Gasteiger partial charge < -0.3 is 25.0 Å². The highest BCUT2D eigenvalue weighted by Crippen LogP contribution is 2.58. The van der Waals surface area contributed by atoms with E-state index in [0.717, 1.165) is 71.3 Å². The lowest BCUT2D eigenvalue weighted by molar-refractivity contribution is -0.344. The molecule has 19 heteroatoms. The number of Topliss-reactive ketones (excluding diaryl/α,β-unsaturated/α-hetero) is 1. The molecule has 87 heavy (non-hydrogen) atoms. The first-order valence-corrected chi connectivity index (χ1v) is 31.3. The molecule has 8 rings (SSSR count). The number of allylic oxidation sites excluding steroid dienone is 10. The largest absolute Gasteiger partial charge is 0.438 e. The Hall–Kier alpha value is -5.36. The van der Waals surface area contributed by atoms with Crippen molar-refractivity contribution in [2.24, 2.45) is 46.3 Å². The van der Waals surface area contributed by atoms with Crippen LogP contribution in [0.15, 0.2) is 143 Å². The fraction of sp³-hybridized carbons (Fsp3) is 0.544. The van der Waals surface area contributed by atoms with Crippen LogP contribution in [0, 0.1) is 70.0 Å². The molecule has 6 aliphatic carbocycles. The van der Waals surface area contributed by atoms with E-state index in [1.54, 1.807) is 13.8 Å². The molecule has 6 aliphatic rings. The Bertz CT molecular complexity index is 3090. The van der Waals surface area contributed by atoms with E-state index in [1.807, 2.05) is 104 Å². The Balaban J connectivity index is 0.000000213. The van der Waals surface area contributed by atoms with Gasteiger partial charge in [-0.2, -0.15) is 52.7 Å². The van der Waals surface area contributed by atoms with Gasteiger partial charge in [0.2, 0.25) is 0 Å². The fourth-order valence-corrected chi connectivity index (χ4v) is 16.2. The molecule has 10 atom stereocenters. The van der Waals surface area contributed by atoms with Crippen molar-refractivity contribution in [3.63, 3.8) is 0 Å². The molecule has 4 saturated carbocycles. The van der Waals surface area contributed by atoms with Crippen LogP contribution in [-0.4, -0.2) is 80.5 Å². The molecule has 476 valence electrons. The zero-order valence-corrected chi connectivity index (χ0v) is 50.8. The highest BCUT2D eigenvalue weighted by Gasteiger charge is 2.71. The average Bonchev–Trinajstić information content (AvgIpc) is 1.76. The highest BCUT2D eigenvalue weighted by atomic mass is 31.2. The van der Waals surface area contributed by atoms with Crippen molar-refractivity contribution in [3.05, 3.63) is 143 Å². The number of benzene rings is 2. The Morgan fingerprint density at radius 1 is 0.644 bits per heavy atom. The van der Waals surface area contributed by atoms with E-state index < -0.39 is 66.6 Å². The quantitative estimate of drug-likeness (QED) is 0.0861. The summed E-state index contributed by atoms with van der Waals surface area (Å²) >= 11 is 0. The van der Waals surface area contributed by atoms with Gasteiger partial charge in [0.15, 0.2) is 0 Å². The second-order valence-electron chi connectivity index (χ2n) is 25.0. The number of rotatable bonds is 9. The molecular formula is C68H79F12O6P. The zero-order chi connectivity index (χ0) is 64.9. The van der Waals surface area contributed by atoms with Crippen molar-refractivity contribution < 1.29 is 82.5 Å². The summed E-state index contributed by atoms with van der Waals surface area (Å²) in [4.78, 5) is 12.1. The van der Waals surface area contributed by atoms with E-state index in [1.165, 1.54) is 23.1 Å². The van der Waals surface area contributed by atoms with Crippen LogP contribution in [0.3, 0.4) is 0 Å². The van der Waals surface area contributed by atoms with E-state index >= 15 is 0 Å². The monoisotopic (exact) mass is 1250 g/mol. The molecule has 0 spiro atoms. The van der Waals surface area contributed by atoms with E-state index in [2.05, 4.69) is 40.0 Å². The lowest BCUT2D eigenvalue weighted by atomic mass is 9.62. The molecular weight excluding hydrogens is 1170 g/mol. The number of aliphatic hydroxyl groups excluding tert-OH is 2. The third-order valence-corrected chi connectivity index (χ3v) is 21.7. The Morgan fingerprint density at radius 3 is 1.56 bits per heavy atom. The third kappa shape index (κ3) is 15.5. The summed E-state index contributed by atoms with van der Waals surface area (Å²) in [6.07, 6.45) is -6.57. The van der Waals surface area contributed by atoms with Crippen molar-refractivity contribution in [2.75, 3.05) is 6.16 Å². The molecule has 0 saturated heterocycles. The maximum atomic E-state index is 14.1. The minimum absolute atomic E-state index is 0.127. The van der Waals surface area contributed by atoms with Gasteiger partial charge in [-0.25, -0.2) is 0 Å². The molecule has 4 unspecified atom stereocenters. The molecule has 0 aliphatic heterocycles. The van der Waals surface area contributed by atoms with Gasteiger partial charge in [0.25, 0.3) is 0 Å². The van der Waals surface area contributed by atoms with E-state index in [0.29, 0.717) is 55.7 Å². The Labute approximate surface area is 503 Å². The number of ketones is 1. The molecule has 0 heterocycles. The zero-order valence-electron chi connectivity index (χ0n) is 49.9. The SMILES string of the molecule is C=C1/C(=C\C=C2/CCC[C@]3(C)C([C@H](C)CC#CC(O)(C(F)(F)F)C(F)(F)F)=CCC23)CC(O)CC1O.C=C1/C(=C\CP(=O)(c2ccccc2)c2ccccc2)C[C@H](C)C[C@@H]1C.C[C@H](CC#CC(O)(C(F)(F)F)C(F)(F)F)C1=CCC2C(=O)CCC[C@]12C. The van der Waals surface area contributed by atoms with Crippen LogP contribution < -0.4 is 10.6 Å². The molecule has 6 nitrogen and oxygen atoms in total. The molecule has 0 radical (unpaired) electrons. The smallest absolute Gasteiger partial charge is 0.393 e. The standard InChI is InChI=1S/C27H32F6O3.C23H27OP.C18H20F6O2/c1-16(6-4-13-25(36,26(28,29)30)27(31,32)33)21-10-11-22-18(7-5-12-24(21,22)3)8-9-19-14-20(34)15-23(35)17(19)2;1-18-16-19(2)20(3)21(17-18)14-15-25(24,22-10-6-4-7-11-22)23-12-8-5-9-13-23;1-11(5-3-10-16(26,17(19,20)21)18(22,23)24)12-7-8-13-14(25)6-4-9-15(12,13)2/h8-10,16,20,22-23,34-36H,2,5-7,11-12,14-15H2,1,3H3;4-14,18-19H,3,15-17H2,1-2H3;7,11,13,26H,4-6,8-9H2,1-2H3/b18-8+,19-9-;21-14-;/t16-,20?,22?,23?,24-;18-,19+;11-,13?,15-/m111/s1. The van der Waals surface area contributed by atoms with Crippen LogP contribution in [0.1, 0.15) is 131 Å². The summed E-state index contributed by atoms with van der Waals surface area (Å²) in [5.74, 6) is 6.35. The Morgan fingerprint density at radius 2 is 1.09 bits per heavy atom. The van der Waals surface area contributed by atoms with Crippen LogP contribution in [-0.2, 0) is 9.36 Å². The Kier molecular flexibility index (Phi) is 22.3. The van der Waals surface area contributed by atoms with Crippen molar-refractivity contribution in [1.29, 1.82) is 0 Å². The normalized spacial score (nSPS) is 28.5. The maximum Gasteiger partial charge on any atom is 0.438 e. The summed E-state index contributed by atoms with van der Waals surface area (Å²) in [5, 5.41) is 40.2. The van der Waals surface area contributed by atoms with Gasteiger partial charge in [0.1, 0.15) is 12.9 Å². The number of fused-ring (bicyclic) bond motifs is 2. The summed E-state index contributed by atoms with van der Waals surface area (Å²) in [5.41, 5.74) is -3.94. The summed E-state index contributed by atoms with van der Waals surface area (Å²) in [6.45, 7) is 20.1. The number of carbonyl (C=O) groups is 1. The van der Waals surface area contributed by atoms with Gasteiger partial charge in [-0.3, -0.25) is 4.79 Å². The number of halogens is 12. The first kappa shape index (κ1) is 70.7. The van der Waals surface area contributed by atoms with E-state index in [9.17, 15) is 77.4 Å². The van der Waals surface area contributed by atoms with Crippen LogP contribution in [0.2, 0.25) is 0 Å². The number of aliphatic hydroxyl groups is 4. The fourth-order valence-electron chi connectivity index (χ4n) is 13.7. The second kappa shape index (κ2) is 27.4. The van der Waals surface area contributed by atoms with Crippen LogP contribution in [0.5, 0.6) is 0 Å². The minimum Gasteiger partial charge on any atom is -0.393 e. The maximum absolute atomic E-state index is 14.1. The number of carbonyl (C=O) groups excluding carboxylic acids is 1. The van der Waals surface area contributed by atoms with Crippen LogP contribution in [0.4, 0.5) is 52.7 Å². The second-order valence-corrected chi connectivity index (χ2v) is 27.9. The number of alkyl halides is 12. The average molecular weight is 1250 g/mol. The van der Waals surface area contributed by atoms with Crippen LogP contribution in [0.25, 0.3) is 0 Å². The lowest BCUT2D eigenvalue weighted by Crippen LogP contribution is -2.55. The topological polar surface area (TPSA) is 115 Å². The van der Waals surface area contributed by atoms with Gasteiger partial charge in [-0.05, 0) is 139 Å². The predicted octanol–water partition coefficient (Wildman–Crippen LogP) is 16.1. The van der Waals surface area contributed by atoms with E-state index in [4.69, 9.17) is 5.11 Å². The van der Waals surface area contributed by atoms with Gasteiger partial charge in [-0.1, -0.05) is 174 Å². The first-order valence-electron chi connectivity index (χ1n) is 29.4. The lowest BCUT2D eigenvalue weighted by Gasteiger charge is -2.42. The van der Waals surface area contributed by atoms with Gasteiger partial charge in [0.05, 0.1) is 12.2 Å². The van der Waals surface area contributed by atoms with Crippen LogP contribution >= 0.6 is 7.14 Å². The van der Waals surface area contributed by atoms with Gasteiger partial charge in [0, 0.05) is 48.4 Å². The number of hydrogen-bond acceptors (Lipinski definition) is 6. The van der Waals surface area contributed by atoms with Crippen molar-refractivity contribution in [3.8, 4) is 23.7 Å². The molecule has 2 aromatic carbocycles. The molecule has 4 N–H and O–H groups in total. The van der Waals surface area contributed by atoms with Gasteiger partial charge >= 0.3 is 35.9 Å². The predicted molar refractivity (Wildman–Crippen MR) is 315 cm³/mol. The minimum atomic E-state index is -5.96. The first-order chi connectivity index (χ1) is 40.3. The molecule has 4 fully saturated rings. The van der Waals surface area contributed by atoms with Crippen molar-refractivity contribution in [1.82, 2.24) is 0 Å².